The number of hydrogen-bond donors (Lipinski definition) is 0. The van der Waals surface area contributed by atoms with Gasteiger partial charge in [0.25, 0.3) is 0 Å². The van der Waals surface area contributed by atoms with Gasteiger partial charge in [-0.1, -0.05) is 25.6 Å². The molecule has 0 saturated heterocycles. The van der Waals surface area contributed by atoms with Crippen molar-refractivity contribution in [3.8, 4) is 0 Å². The molecule has 64 valence electrons. The minimum Gasteiger partial charge on any atom is -0.269 e. The minimum atomic E-state index is 0.462. The van der Waals surface area contributed by atoms with Gasteiger partial charge in [-0.15, -0.1) is 11.8 Å². The number of rotatable bonds is 1. The molecule has 0 spiro atoms. The maximum atomic E-state index is 4.46. The van der Waals surface area contributed by atoms with E-state index in [-0.39, 0.29) is 0 Å². The first-order valence-electron chi connectivity index (χ1n) is 3.96. The second-order valence-corrected chi connectivity index (χ2v) is 6.21. The first kappa shape index (κ1) is 9.46. The fourth-order valence-electron chi connectivity index (χ4n) is 1.00. The zero-order valence-corrected chi connectivity index (χ0v) is 9.13. The Morgan fingerprint density at radius 1 is 1.45 bits per heavy atom. The molecule has 2 atom stereocenters. The van der Waals surface area contributed by atoms with Crippen LogP contribution in [0.5, 0.6) is 0 Å². The van der Waals surface area contributed by atoms with Crippen LogP contribution in [-0.2, 0) is 0 Å². The summed E-state index contributed by atoms with van der Waals surface area (Å²) in [5, 5.41) is 1.71. The summed E-state index contributed by atoms with van der Waals surface area (Å²) in [6.07, 6.45) is 0. The molecule has 1 aliphatic rings. The number of thioether (sulfide) groups is 2. The highest BCUT2D eigenvalue weighted by molar-refractivity contribution is 8.25. The molecule has 11 heavy (non-hydrogen) atoms. The number of aliphatic imine (C=N–C) groups is 1. The Morgan fingerprint density at radius 2 is 2.09 bits per heavy atom. The lowest BCUT2D eigenvalue weighted by Crippen LogP contribution is -2.17. The maximum Gasteiger partial charge on any atom is 0.0944 e. The second-order valence-electron chi connectivity index (χ2n) is 3.11. The average molecular weight is 189 g/mol. The molecule has 0 saturated carbocycles. The molecule has 0 aromatic carbocycles. The highest BCUT2D eigenvalue weighted by Crippen LogP contribution is 2.38. The SMILES string of the molecule is CC1=NC(C)SC(C(C)C)S1. The van der Waals surface area contributed by atoms with Crippen LogP contribution in [0.1, 0.15) is 27.7 Å². The molecule has 3 heteroatoms. The quantitative estimate of drug-likeness (QED) is 0.628. The monoisotopic (exact) mass is 189 g/mol. The molecule has 0 aromatic rings. The van der Waals surface area contributed by atoms with E-state index in [4.69, 9.17) is 0 Å². The van der Waals surface area contributed by atoms with E-state index in [1.165, 1.54) is 5.04 Å². The normalized spacial score (nSPS) is 32.3. The van der Waals surface area contributed by atoms with Crippen molar-refractivity contribution < 1.29 is 0 Å². The summed E-state index contributed by atoms with van der Waals surface area (Å²) in [4.78, 5) is 4.46. The Kier molecular flexibility index (Phi) is 3.31. The van der Waals surface area contributed by atoms with E-state index in [0.29, 0.717) is 9.96 Å². The lowest BCUT2D eigenvalue weighted by molar-refractivity contribution is 0.718. The van der Waals surface area contributed by atoms with Gasteiger partial charge in [0.15, 0.2) is 0 Å². The Bertz CT molecular complexity index is 165. The molecule has 0 N–H and O–H groups in total. The van der Waals surface area contributed by atoms with Gasteiger partial charge in [0.2, 0.25) is 0 Å². The Balaban J connectivity index is 2.57. The lowest BCUT2D eigenvalue weighted by atomic mass is 10.3. The van der Waals surface area contributed by atoms with Crippen molar-refractivity contribution in [1.29, 1.82) is 0 Å². The van der Waals surface area contributed by atoms with E-state index < -0.39 is 0 Å². The van der Waals surface area contributed by atoms with E-state index in [2.05, 4.69) is 32.7 Å². The van der Waals surface area contributed by atoms with Crippen molar-refractivity contribution in [1.82, 2.24) is 0 Å². The molecule has 0 radical (unpaired) electrons. The van der Waals surface area contributed by atoms with Gasteiger partial charge in [0.1, 0.15) is 0 Å². The molecule has 1 nitrogen and oxygen atoms in total. The topological polar surface area (TPSA) is 12.4 Å². The first-order valence-corrected chi connectivity index (χ1v) is 5.78. The summed E-state index contributed by atoms with van der Waals surface area (Å²) in [6.45, 7) is 8.82. The minimum absolute atomic E-state index is 0.462. The molecule has 0 fully saturated rings. The van der Waals surface area contributed by atoms with Crippen LogP contribution in [0.2, 0.25) is 0 Å². The number of nitrogens with zero attached hydrogens (tertiary/aromatic N) is 1. The Morgan fingerprint density at radius 3 is 2.55 bits per heavy atom. The second kappa shape index (κ2) is 3.85. The standard InChI is InChI=1S/C8H15NS2/c1-5(2)8-10-6(3)9-7(4)11-8/h5-6,8H,1-4H3. The van der Waals surface area contributed by atoms with Crippen molar-refractivity contribution in [2.45, 2.75) is 37.7 Å². The summed E-state index contributed by atoms with van der Waals surface area (Å²) < 4.78 is 0.711. The van der Waals surface area contributed by atoms with Crippen LogP contribution in [0.3, 0.4) is 0 Å². The van der Waals surface area contributed by atoms with E-state index >= 15 is 0 Å². The van der Waals surface area contributed by atoms with Gasteiger partial charge < -0.3 is 0 Å². The van der Waals surface area contributed by atoms with Crippen molar-refractivity contribution in [3.63, 3.8) is 0 Å². The molecule has 2 unspecified atom stereocenters. The van der Waals surface area contributed by atoms with Gasteiger partial charge in [-0.05, 0) is 19.8 Å². The van der Waals surface area contributed by atoms with Gasteiger partial charge in [-0.25, -0.2) is 0 Å². The van der Waals surface area contributed by atoms with E-state index in [9.17, 15) is 0 Å². The predicted molar refractivity (Wildman–Crippen MR) is 56.4 cm³/mol. The Hall–Kier alpha value is 0.370. The summed E-state index contributed by atoms with van der Waals surface area (Å²) in [5.41, 5.74) is 0. The molecular weight excluding hydrogens is 174 g/mol. The third kappa shape index (κ3) is 2.71. The van der Waals surface area contributed by atoms with Crippen molar-refractivity contribution in [3.05, 3.63) is 0 Å². The third-order valence-electron chi connectivity index (χ3n) is 1.53. The van der Waals surface area contributed by atoms with Crippen LogP contribution < -0.4 is 0 Å². The molecule has 0 aromatic heterocycles. The lowest BCUT2D eigenvalue weighted by Gasteiger charge is -2.26. The molecular formula is C8H15NS2. The molecule has 0 bridgehead atoms. The third-order valence-corrected chi connectivity index (χ3v) is 4.68. The zero-order valence-electron chi connectivity index (χ0n) is 7.50. The van der Waals surface area contributed by atoms with Gasteiger partial charge in [0, 0.05) is 0 Å². The maximum absolute atomic E-state index is 4.46. The average Bonchev–Trinajstić information content (AvgIpc) is 1.85. The molecule has 0 amide bonds. The van der Waals surface area contributed by atoms with E-state index in [1.807, 2.05) is 23.5 Å². The highest BCUT2D eigenvalue weighted by Gasteiger charge is 2.22. The van der Waals surface area contributed by atoms with Crippen LogP contribution in [0.4, 0.5) is 0 Å². The van der Waals surface area contributed by atoms with Crippen LogP contribution in [0.25, 0.3) is 0 Å². The van der Waals surface area contributed by atoms with Crippen LogP contribution in [-0.4, -0.2) is 15.0 Å². The van der Waals surface area contributed by atoms with Gasteiger partial charge in [-0.3, -0.25) is 4.99 Å². The predicted octanol–water partition coefficient (Wildman–Crippen LogP) is 3.21. The van der Waals surface area contributed by atoms with E-state index in [1.54, 1.807) is 0 Å². The molecule has 1 aliphatic heterocycles. The summed E-state index contributed by atoms with van der Waals surface area (Å²) >= 11 is 3.88. The highest BCUT2D eigenvalue weighted by atomic mass is 32.2. The zero-order chi connectivity index (χ0) is 8.43. The van der Waals surface area contributed by atoms with Crippen molar-refractivity contribution >= 4 is 28.6 Å². The van der Waals surface area contributed by atoms with Crippen LogP contribution in [0, 0.1) is 5.92 Å². The summed E-state index contributed by atoms with van der Waals surface area (Å²) in [5.74, 6) is 0.748. The van der Waals surface area contributed by atoms with Crippen LogP contribution in [0.15, 0.2) is 4.99 Å². The van der Waals surface area contributed by atoms with Gasteiger partial charge in [0.05, 0.1) is 15.0 Å². The van der Waals surface area contributed by atoms with E-state index in [0.717, 1.165) is 5.92 Å². The largest absolute Gasteiger partial charge is 0.269 e. The molecule has 0 aliphatic carbocycles. The fraction of sp³-hybridized carbons (Fsp3) is 0.875. The smallest absolute Gasteiger partial charge is 0.0944 e. The summed E-state index contributed by atoms with van der Waals surface area (Å²) in [6, 6.07) is 0. The van der Waals surface area contributed by atoms with Crippen molar-refractivity contribution in [2.75, 3.05) is 0 Å². The fourth-order valence-corrected chi connectivity index (χ4v) is 3.94. The molecule has 1 heterocycles. The van der Waals surface area contributed by atoms with Crippen LogP contribution >= 0.6 is 23.5 Å². The number of hydrogen-bond acceptors (Lipinski definition) is 3. The van der Waals surface area contributed by atoms with Crippen molar-refractivity contribution in [2.24, 2.45) is 10.9 Å². The first-order chi connectivity index (χ1) is 5.09. The Labute approximate surface area is 77.4 Å². The van der Waals surface area contributed by atoms with Gasteiger partial charge >= 0.3 is 0 Å². The summed E-state index contributed by atoms with van der Waals surface area (Å²) in [7, 11) is 0. The van der Waals surface area contributed by atoms with Gasteiger partial charge in [-0.2, -0.15) is 0 Å². The molecule has 1 rings (SSSR count).